The summed E-state index contributed by atoms with van der Waals surface area (Å²) in [4.78, 5) is 7.48. The van der Waals surface area contributed by atoms with Crippen molar-refractivity contribution in [3.63, 3.8) is 0 Å². The van der Waals surface area contributed by atoms with Crippen LogP contribution >= 0.6 is 11.6 Å². The molecule has 0 spiro atoms. The molecular formula is C23H30ClN3. The van der Waals surface area contributed by atoms with E-state index in [1.807, 2.05) is 24.3 Å². The largest absolute Gasteiger partial charge is 0.370 e. The highest BCUT2D eigenvalue weighted by molar-refractivity contribution is 6.30. The lowest BCUT2D eigenvalue weighted by Crippen LogP contribution is -2.41. The zero-order chi connectivity index (χ0) is 19.4. The molecule has 0 amide bonds. The second kappa shape index (κ2) is 8.79. The van der Waals surface area contributed by atoms with Crippen molar-refractivity contribution < 1.29 is 0 Å². The summed E-state index contributed by atoms with van der Waals surface area (Å²) in [5, 5.41) is 4.15. The first-order chi connectivity index (χ1) is 13.0. The zero-order valence-electron chi connectivity index (χ0n) is 16.5. The Morgan fingerprint density at radius 1 is 1.26 bits per heavy atom. The van der Waals surface area contributed by atoms with Crippen molar-refractivity contribution in [3.05, 3.63) is 70.7 Å². The molecule has 0 bridgehead atoms. The van der Waals surface area contributed by atoms with E-state index in [1.54, 1.807) is 0 Å². The van der Waals surface area contributed by atoms with E-state index < -0.39 is 0 Å². The van der Waals surface area contributed by atoms with E-state index in [0.29, 0.717) is 5.92 Å². The first-order valence-corrected chi connectivity index (χ1v) is 10.4. The Morgan fingerprint density at radius 3 is 2.67 bits per heavy atom. The average molecular weight is 384 g/mol. The predicted octanol–water partition coefficient (Wildman–Crippen LogP) is 5.89. The molecule has 1 N–H and O–H groups in total. The van der Waals surface area contributed by atoms with Gasteiger partial charge in [-0.05, 0) is 37.1 Å². The number of benzene rings is 1. The maximum atomic E-state index is 6.04. The smallest absolute Gasteiger partial charge is 0.137 e. The van der Waals surface area contributed by atoms with Gasteiger partial charge in [0.15, 0.2) is 0 Å². The van der Waals surface area contributed by atoms with Crippen molar-refractivity contribution in [1.82, 2.24) is 10.2 Å². The van der Waals surface area contributed by atoms with Gasteiger partial charge in [-0.1, -0.05) is 57.9 Å². The van der Waals surface area contributed by atoms with Gasteiger partial charge in [-0.2, -0.15) is 0 Å². The zero-order valence-corrected chi connectivity index (χ0v) is 17.3. The number of hydrogen-bond acceptors (Lipinski definition) is 3. The van der Waals surface area contributed by atoms with Crippen LogP contribution in [0.15, 0.2) is 65.1 Å². The molecule has 0 saturated heterocycles. The lowest BCUT2D eigenvalue weighted by molar-refractivity contribution is 0.279. The maximum Gasteiger partial charge on any atom is 0.137 e. The fourth-order valence-corrected chi connectivity index (χ4v) is 3.95. The van der Waals surface area contributed by atoms with Crippen LogP contribution in [0.4, 0.5) is 0 Å². The van der Waals surface area contributed by atoms with Crippen molar-refractivity contribution >= 4 is 17.4 Å². The summed E-state index contributed by atoms with van der Waals surface area (Å²) in [7, 11) is 0. The fourth-order valence-electron chi connectivity index (χ4n) is 3.82. The van der Waals surface area contributed by atoms with E-state index in [4.69, 9.17) is 16.6 Å². The number of nitrogens with zero attached hydrogens (tertiary/aromatic N) is 2. The molecule has 1 atom stereocenters. The number of hydrogen-bond donors (Lipinski definition) is 1. The summed E-state index contributed by atoms with van der Waals surface area (Å²) in [6.07, 6.45) is 5.72. The number of halogens is 1. The molecule has 144 valence electrons. The van der Waals surface area contributed by atoms with Gasteiger partial charge in [-0.3, -0.25) is 0 Å². The molecule has 0 saturated carbocycles. The lowest BCUT2D eigenvalue weighted by Gasteiger charge is -2.40. The molecule has 27 heavy (non-hydrogen) atoms. The van der Waals surface area contributed by atoms with Crippen molar-refractivity contribution in [2.24, 2.45) is 10.9 Å². The van der Waals surface area contributed by atoms with Crippen molar-refractivity contribution in [3.8, 4) is 0 Å². The molecule has 0 aliphatic carbocycles. The van der Waals surface area contributed by atoms with Gasteiger partial charge in [0.2, 0.25) is 0 Å². The SMILES string of the molecule is C=C1NC(c2ccc(Cl)cc2)=NC2=C1CN(C(=C)CCC)CC2CCCC. The fraction of sp³-hybridized carbons (Fsp3) is 0.435. The molecule has 0 aromatic heterocycles. The van der Waals surface area contributed by atoms with Gasteiger partial charge >= 0.3 is 0 Å². The van der Waals surface area contributed by atoms with E-state index >= 15 is 0 Å². The van der Waals surface area contributed by atoms with Crippen molar-refractivity contribution in [1.29, 1.82) is 0 Å². The minimum Gasteiger partial charge on any atom is -0.370 e. The Morgan fingerprint density at radius 2 is 2.00 bits per heavy atom. The molecule has 0 fully saturated rings. The van der Waals surface area contributed by atoms with E-state index in [0.717, 1.165) is 54.5 Å². The van der Waals surface area contributed by atoms with Gasteiger partial charge in [0, 0.05) is 46.6 Å². The Kier molecular flexibility index (Phi) is 6.43. The summed E-state index contributed by atoms with van der Waals surface area (Å²) in [5.74, 6) is 1.29. The molecule has 1 aromatic carbocycles. The number of amidine groups is 1. The number of allylic oxidation sites excluding steroid dienone is 1. The van der Waals surface area contributed by atoms with Crippen LogP contribution in [-0.2, 0) is 0 Å². The Hall–Kier alpha value is -2.00. The summed E-state index contributed by atoms with van der Waals surface area (Å²) in [6.45, 7) is 14.9. The lowest BCUT2D eigenvalue weighted by atomic mass is 9.88. The van der Waals surface area contributed by atoms with Gasteiger partial charge in [0.1, 0.15) is 5.84 Å². The molecule has 3 rings (SSSR count). The second-order valence-electron chi connectivity index (χ2n) is 7.47. The van der Waals surface area contributed by atoms with E-state index in [2.05, 4.69) is 37.2 Å². The van der Waals surface area contributed by atoms with Gasteiger partial charge in [-0.25, -0.2) is 4.99 Å². The van der Waals surface area contributed by atoms with Gasteiger partial charge in [-0.15, -0.1) is 0 Å². The quantitative estimate of drug-likeness (QED) is 0.635. The second-order valence-corrected chi connectivity index (χ2v) is 7.91. The average Bonchev–Trinajstić information content (AvgIpc) is 2.67. The molecule has 1 aromatic rings. The number of rotatable bonds is 7. The molecule has 4 heteroatoms. The highest BCUT2D eigenvalue weighted by atomic mass is 35.5. The molecule has 1 unspecified atom stereocenters. The summed E-state index contributed by atoms with van der Waals surface area (Å²) >= 11 is 6.04. The normalized spacial score (nSPS) is 19.5. The van der Waals surface area contributed by atoms with E-state index in [1.165, 1.54) is 29.8 Å². The predicted molar refractivity (Wildman–Crippen MR) is 116 cm³/mol. The number of aliphatic imine (C=N–C) groups is 1. The Bertz CT molecular complexity index is 773. The Labute approximate surface area is 168 Å². The van der Waals surface area contributed by atoms with Crippen molar-refractivity contribution in [2.45, 2.75) is 46.0 Å². The van der Waals surface area contributed by atoms with Gasteiger partial charge < -0.3 is 10.2 Å². The van der Waals surface area contributed by atoms with Crippen LogP contribution in [0, 0.1) is 5.92 Å². The molecule has 0 radical (unpaired) electrons. The van der Waals surface area contributed by atoms with E-state index in [-0.39, 0.29) is 0 Å². The summed E-state index contributed by atoms with van der Waals surface area (Å²) in [5.41, 5.74) is 5.67. The van der Waals surface area contributed by atoms with Crippen LogP contribution in [0.1, 0.15) is 51.5 Å². The monoisotopic (exact) mass is 383 g/mol. The molecule has 2 aliphatic rings. The third-order valence-corrected chi connectivity index (χ3v) is 5.61. The Balaban J connectivity index is 1.94. The van der Waals surface area contributed by atoms with Crippen LogP contribution in [0.5, 0.6) is 0 Å². The third kappa shape index (κ3) is 4.47. The topological polar surface area (TPSA) is 27.6 Å². The molecular weight excluding hydrogens is 354 g/mol. The van der Waals surface area contributed by atoms with Gasteiger partial charge in [0.25, 0.3) is 0 Å². The van der Waals surface area contributed by atoms with E-state index in [9.17, 15) is 0 Å². The third-order valence-electron chi connectivity index (χ3n) is 5.36. The van der Waals surface area contributed by atoms with Crippen LogP contribution in [-0.4, -0.2) is 23.8 Å². The highest BCUT2D eigenvalue weighted by Crippen LogP contribution is 2.35. The summed E-state index contributed by atoms with van der Waals surface area (Å²) < 4.78 is 0. The van der Waals surface area contributed by atoms with Gasteiger partial charge in [0.05, 0.1) is 5.70 Å². The van der Waals surface area contributed by atoms with Crippen LogP contribution in [0.25, 0.3) is 0 Å². The highest BCUT2D eigenvalue weighted by Gasteiger charge is 2.32. The first kappa shape index (κ1) is 19.8. The minimum atomic E-state index is 0.420. The van der Waals surface area contributed by atoms with Crippen LogP contribution in [0.2, 0.25) is 5.02 Å². The molecule has 3 nitrogen and oxygen atoms in total. The number of unbranched alkanes of at least 4 members (excludes halogenated alkanes) is 1. The van der Waals surface area contributed by atoms with Crippen LogP contribution in [0.3, 0.4) is 0 Å². The summed E-state index contributed by atoms with van der Waals surface area (Å²) in [6, 6.07) is 7.82. The molecule has 2 heterocycles. The van der Waals surface area contributed by atoms with Crippen LogP contribution < -0.4 is 5.32 Å². The molecule has 2 aliphatic heterocycles. The minimum absolute atomic E-state index is 0.420. The maximum absolute atomic E-state index is 6.04. The van der Waals surface area contributed by atoms with Crippen molar-refractivity contribution in [2.75, 3.05) is 13.1 Å². The number of nitrogens with one attached hydrogen (secondary N) is 1. The standard InChI is InChI=1S/C23H30ClN3/c1-5-7-9-19-14-27(16(3)8-6-2)15-21-17(4)25-23(26-22(19)21)18-10-12-20(24)13-11-18/h10-13,19H,3-9,14-15H2,1-2H3,(H,25,26). The first-order valence-electron chi connectivity index (χ1n) is 10.00.